The minimum absolute atomic E-state index is 0.0369. The standard InChI is InChI=1S/C14H15F3O4/c1-20-13(19)9-5-3-7-11(18)10-6-2-4-8-12(10)21-14(15,16)17/h2,4,6,8H,3,5,7,9H2,1H3. The van der Waals surface area contributed by atoms with E-state index < -0.39 is 17.9 Å². The van der Waals surface area contributed by atoms with Crippen molar-refractivity contribution >= 4 is 11.8 Å². The van der Waals surface area contributed by atoms with E-state index in [1.165, 1.54) is 25.3 Å². The van der Waals surface area contributed by atoms with Crippen LogP contribution in [0.3, 0.4) is 0 Å². The third kappa shape index (κ3) is 6.29. The fourth-order valence-corrected chi connectivity index (χ4v) is 1.70. The molecular weight excluding hydrogens is 289 g/mol. The summed E-state index contributed by atoms with van der Waals surface area (Å²) in [5.74, 6) is -1.36. The molecule has 0 bridgehead atoms. The number of carbonyl (C=O) groups is 2. The predicted molar refractivity (Wildman–Crippen MR) is 67.9 cm³/mol. The number of methoxy groups -OCH3 is 1. The van der Waals surface area contributed by atoms with Gasteiger partial charge in [-0.15, -0.1) is 13.2 Å². The Hall–Kier alpha value is -2.05. The molecule has 0 N–H and O–H groups in total. The summed E-state index contributed by atoms with van der Waals surface area (Å²) in [4.78, 5) is 22.8. The summed E-state index contributed by atoms with van der Waals surface area (Å²) in [6.45, 7) is 0. The van der Waals surface area contributed by atoms with Gasteiger partial charge in [0.25, 0.3) is 0 Å². The van der Waals surface area contributed by atoms with Crippen molar-refractivity contribution in [3.8, 4) is 5.75 Å². The summed E-state index contributed by atoms with van der Waals surface area (Å²) in [5, 5.41) is 0. The van der Waals surface area contributed by atoms with E-state index in [1.54, 1.807) is 0 Å². The molecule has 1 aromatic rings. The zero-order valence-electron chi connectivity index (χ0n) is 11.4. The molecule has 21 heavy (non-hydrogen) atoms. The number of hydrogen-bond acceptors (Lipinski definition) is 4. The number of alkyl halides is 3. The van der Waals surface area contributed by atoms with Gasteiger partial charge in [0, 0.05) is 12.8 Å². The molecule has 0 heterocycles. The maximum atomic E-state index is 12.2. The molecule has 0 aromatic heterocycles. The molecule has 0 unspecified atom stereocenters. The quantitative estimate of drug-likeness (QED) is 0.439. The van der Waals surface area contributed by atoms with Crippen LogP contribution in [0.5, 0.6) is 5.75 Å². The van der Waals surface area contributed by atoms with Crippen LogP contribution in [0.1, 0.15) is 36.0 Å². The van der Waals surface area contributed by atoms with Crippen molar-refractivity contribution in [3.63, 3.8) is 0 Å². The molecule has 0 saturated carbocycles. The van der Waals surface area contributed by atoms with Gasteiger partial charge in [0.1, 0.15) is 5.75 Å². The van der Waals surface area contributed by atoms with Crippen LogP contribution in [0.4, 0.5) is 13.2 Å². The van der Waals surface area contributed by atoms with Crippen LogP contribution in [0.25, 0.3) is 0 Å². The Balaban J connectivity index is 2.60. The van der Waals surface area contributed by atoms with Crippen LogP contribution in [-0.4, -0.2) is 25.2 Å². The van der Waals surface area contributed by atoms with E-state index in [0.717, 1.165) is 6.07 Å². The number of ketones is 1. The smallest absolute Gasteiger partial charge is 0.469 e. The van der Waals surface area contributed by atoms with Gasteiger partial charge in [-0.25, -0.2) is 0 Å². The molecule has 1 aromatic carbocycles. The number of rotatable bonds is 7. The zero-order valence-corrected chi connectivity index (χ0v) is 11.4. The summed E-state index contributed by atoms with van der Waals surface area (Å²) < 4.78 is 45.0. The molecule has 0 aliphatic heterocycles. The lowest BCUT2D eigenvalue weighted by Gasteiger charge is -2.12. The van der Waals surface area contributed by atoms with Crippen molar-refractivity contribution in [2.45, 2.75) is 32.0 Å². The lowest BCUT2D eigenvalue weighted by molar-refractivity contribution is -0.274. The van der Waals surface area contributed by atoms with Gasteiger partial charge in [-0.1, -0.05) is 12.1 Å². The first kappa shape index (κ1) is 17.0. The molecule has 0 fully saturated rings. The maximum absolute atomic E-state index is 12.2. The number of hydrogen-bond donors (Lipinski definition) is 0. The van der Waals surface area contributed by atoms with Crippen molar-refractivity contribution in [1.29, 1.82) is 0 Å². The molecule has 4 nitrogen and oxygen atoms in total. The van der Waals surface area contributed by atoms with E-state index >= 15 is 0 Å². The molecule has 116 valence electrons. The second-order valence-electron chi connectivity index (χ2n) is 4.25. The molecule has 0 spiro atoms. The van der Waals surface area contributed by atoms with Gasteiger partial charge < -0.3 is 9.47 Å². The van der Waals surface area contributed by atoms with Crippen molar-refractivity contribution in [1.82, 2.24) is 0 Å². The number of Topliss-reactive ketones (excluding diaryl/α,β-unsaturated/α-hetero) is 1. The molecule has 0 saturated heterocycles. The molecule has 0 radical (unpaired) electrons. The third-order valence-electron chi connectivity index (χ3n) is 2.68. The second kappa shape index (κ2) is 7.66. The first-order chi connectivity index (χ1) is 9.83. The molecular formula is C14H15F3O4. The summed E-state index contributed by atoms with van der Waals surface area (Å²) in [7, 11) is 1.26. The lowest BCUT2D eigenvalue weighted by atomic mass is 10.0. The number of unbranched alkanes of at least 4 members (excludes halogenated alkanes) is 1. The highest BCUT2D eigenvalue weighted by Gasteiger charge is 2.32. The number of benzene rings is 1. The zero-order chi connectivity index (χ0) is 15.9. The molecule has 7 heteroatoms. The SMILES string of the molecule is COC(=O)CCCCC(=O)c1ccccc1OC(F)(F)F. The van der Waals surface area contributed by atoms with Crippen molar-refractivity contribution in [3.05, 3.63) is 29.8 Å². The van der Waals surface area contributed by atoms with Crippen molar-refractivity contribution in [2.75, 3.05) is 7.11 Å². The van der Waals surface area contributed by atoms with Crippen LogP contribution in [-0.2, 0) is 9.53 Å². The normalized spacial score (nSPS) is 11.0. The first-order valence-corrected chi connectivity index (χ1v) is 6.28. The Morgan fingerprint density at radius 2 is 1.71 bits per heavy atom. The van der Waals surface area contributed by atoms with Crippen LogP contribution >= 0.6 is 0 Å². The maximum Gasteiger partial charge on any atom is 0.573 e. The van der Waals surface area contributed by atoms with E-state index in [4.69, 9.17) is 0 Å². The molecule has 1 rings (SSSR count). The Kier molecular flexibility index (Phi) is 6.20. The predicted octanol–water partition coefficient (Wildman–Crippen LogP) is 3.50. The Morgan fingerprint density at radius 3 is 2.33 bits per heavy atom. The van der Waals surface area contributed by atoms with Gasteiger partial charge in [-0.2, -0.15) is 0 Å². The van der Waals surface area contributed by atoms with E-state index in [-0.39, 0.29) is 24.4 Å². The topological polar surface area (TPSA) is 52.6 Å². The summed E-state index contributed by atoms with van der Waals surface area (Å²) in [5.41, 5.74) is -0.118. The number of para-hydroxylation sites is 1. The summed E-state index contributed by atoms with van der Waals surface area (Å²) >= 11 is 0. The molecule has 0 aliphatic carbocycles. The van der Waals surface area contributed by atoms with Crippen LogP contribution in [0.15, 0.2) is 24.3 Å². The molecule has 0 aliphatic rings. The second-order valence-corrected chi connectivity index (χ2v) is 4.25. The Bertz CT molecular complexity index is 497. The van der Waals surface area contributed by atoms with Crippen LogP contribution in [0.2, 0.25) is 0 Å². The van der Waals surface area contributed by atoms with Gasteiger partial charge in [-0.3, -0.25) is 9.59 Å². The fourth-order valence-electron chi connectivity index (χ4n) is 1.70. The van der Waals surface area contributed by atoms with E-state index in [2.05, 4.69) is 9.47 Å². The number of ether oxygens (including phenoxy) is 2. The average molecular weight is 304 g/mol. The van der Waals surface area contributed by atoms with Crippen LogP contribution in [0, 0.1) is 0 Å². The fraction of sp³-hybridized carbons (Fsp3) is 0.429. The highest BCUT2D eigenvalue weighted by atomic mass is 19.4. The van der Waals surface area contributed by atoms with Gasteiger partial charge >= 0.3 is 12.3 Å². The van der Waals surface area contributed by atoms with Gasteiger partial charge in [0.2, 0.25) is 0 Å². The van der Waals surface area contributed by atoms with Crippen LogP contribution < -0.4 is 4.74 Å². The van der Waals surface area contributed by atoms with Gasteiger partial charge in [-0.05, 0) is 25.0 Å². The van der Waals surface area contributed by atoms with Crippen molar-refractivity contribution < 1.29 is 32.2 Å². The summed E-state index contributed by atoms with van der Waals surface area (Å²) in [6.07, 6.45) is -3.82. The minimum Gasteiger partial charge on any atom is -0.469 e. The number of carbonyl (C=O) groups excluding carboxylic acids is 2. The van der Waals surface area contributed by atoms with E-state index in [9.17, 15) is 22.8 Å². The van der Waals surface area contributed by atoms with Crippen molar-refractivity contribution in [2.24, 2.45) is 0 Å². The lowest BCUT2D eigenvalue weighted by Crippen LogP contribution is -2.19. The monoisotopic (exact) mass is 304 g/mol. The molecule has 0 atom stereocenters. The highest BCUT2D eigenvalue weighted by Crippen LogP contribution is 2.27. The third-order valence-corrected chi connectivity index (χ3v) is 2.68. The highest BCUT2D eigenvalue weighted by molar-refractivity contribution is 5.98. The van der Waals surface area contributed by atoms with E-state index in [1.807, 2.05) is 0 Å². The molecule has 0 amide bonds. The summed E-state index contributed by atoms with van der Waals surface area (Å²) in [6, 6.07) is 5.19. The first-order valence-electron chi connectivity index (χ1n) is 6.28. The Labute approximate surface area is 119 Å². The number of esters is 1. The minimum atomic E-state index is -4.85. The number of halogens is 3. The van der Waals surface area contributed by atoms with Gasteiger partial charge in [0.15, 0.2) is 5.78 Å². The average Bonchev–Trinajstić information content (AvgIpc) is 2.41. The Morgan fingerprint density at radius 1 is 1.10 bits per heavy atom. The largest absolute Gasteiger partial charge is 0.573 e. The van der Waals surface area contributed by atoms with E-state index in [0.29, 0.717) is 12.8 Å². The van der Waals surface area contributed by atoms with Gasteiger partial charge in [0.05, 0.1) is 12.7 Å².